The lowest BCUT2D eigenvalue weighted by molar-refractivity contribution is -0.0159. The maximum Gasteiger partial charge on any atom is 0.261 e. The second-order valence-corrected chi connectivity index (χ2v) is 10.4. The van der Waals surface area contributed by atoms with Crippen molar-refractivity contribution in [2.45, 2.75) is 32.2 Å². The first kappa shape index (κ1) is 24.6. The molecule has 3 aromatic rings. The highest BCUT2D eigenvalue weighted by molar-refractivity contribution is 9.10. The van der Waals surface area contributed by atoms with Gasteiger partial charge >= 0.3 is 0 Å². The number of ether oxygens (including phenoxy) is 1. The molecule has 0 aliphatic carbocycles. The van der Waals surface area contributed by atoms with E-state index < -0.39 is 11.8 Å². The Hall–Kier alpha value is -3.09. The van der Waals surface area contributed by atoms with E-state index >= 15 is 0 Å². The third-order valence-corrected chi connectivity index (χ3v) is 6.83. The van der Waals surface area contributed by atoms with E-state index in [0.29, 0.717) is 60.0 Å². The van der Waals surface area contributed by atoms with Gasteiger partial charge in [0.05, 0.1) is 47.4 Å². The smallest absolute Gasteiger partial charge is 0.261 e. The van der Waals surface area contributed by atoms with Crippen LogP contribution in [-0.4, -0.2) is 81.0 Å². The molecule has 0 saturated carbocycles. The van der Waals surface area contributed by atoms with Crippen LogP contribution in [0.2, 0.25) is 0 Å². The normalized spacial score (nSPS) is 17.0. The van der Waals surface area contributed by atoms with Crippen molar-refractivity contribution in [1.29, 1.82) is 0 Å². The average Bonchev–Trinajstić information content (AvgIpc) is 3.39. The third-order valence-electron chi connectivity index (χ3n) is 6.42. The molecule has 2 aromatic heterocycles. The summed E-state index contributed by atoms with van der Waals surface area (Å²) >= 11 is 3.34. The van der Waals surface area contributed by atoms with Crippen LogP contribution in [0.15, 0.2) is 35.2 Å². The summed E-state index contributed by atoms with van der Waals surface area (Å²) in [7, 11) is 0. The summed E-state index contributed by atoms with van der Waals surface area (Å²) in [5, 5.41) is 17.2. The van der Waals surface area contributed by atoms with Crippen molar-refractivity contribution in [3.63, 3.8) is 0 Å². The number of morpholine rings is 1. The number of hydrogen-bond donors (Lipinski definition) is 2. The molecule has 4 heterocycles. The van der Waals surface area contributed by atoms with Crippen LogP contribution in [0.4, 0.5) is 15.8 Å². The summed E-state index contributed by atoms with van der Waals surface area (Å²) in [4.78, 5) is 34.1. The van der Waals surface area contributed by atoms with Crippen molar-refractivity contribution in [1.82, 2.24) is 19.5 Å². The third kappa shape index (κ3) is 4.67. The monoisotopic (exact) mass is 560 g/mol. The number of carbonyl (C=O) groups excluding carboxylic acids is 2. The zero-order valence-corrected chi connectivity index (χ0v) is 21.5. The van der Waals surface area contributed by atoms with Gasteiger partial charge in [-0.15, -0.1) is 0 Å². The van der Waals surface area contributed by atoms with E-state index in [0.717, 1.165) is 4.47 Å². The second kappa shape index (κ2) is 9.41. The molecule has 2 amide bonds. The summed E-state index contributed by atoms with van der Waals surface area (Å²) in [6, 6.07) is 3.52. The van der Waals surface area contributed by atoms with Gasteiger partial charge in [-0.25, -0.2) is 13.9 Å². The van der Waals surface area contributed by atoms with Gasteiger partial charge in [-0.3, -0.25) is 9.59 Å². The number of hydrogen-bond acceptors (Lipinski definition) is 7. The Morgan fingerprint density at radius 2 is 2.06 bits per heavy atom. The number of alkyl halides is 1. The molecule has 10 nitrogen and oxygen atoms in total. The van der Waals surface area contributed by atoms with E-state index in [1.54, 1.807) is 24.5 Å². The SMILES string of the molecule is CC(C)(O)[C@H](F)CN1Cc2cc(NC(=O)c3cnn4cc(Br)cnc34)c(N3CCOCC3)cc2C1=O. The largest absolute Gasteiger partial charge is 0.387 e. The summed E-state index contributed by atoms with van der Waals surface area (Å²) in [6.07, 6.45) is 3.15. The molecule has 190 valence electrons. The Balaban J connectivity index is 1.47. The topological polar surface area (TPSA) is 112 Å². The Morgan fingerprint density at radius 1 is 1.31 bits per heavy atom. The van der Waals surface area contributed by atoms with Crippen LogP contribution in [0.5, 0.6) is 0 Å². The molecule has 2 aliphatic rings. The first-order valence-corrected chi connectivity index (χ1v) is 12.4. The van der Waals surface area contributed by atoms with Crippen molar-refractivity contribution in [3.05, 3.63) is 51.9 Å². The summed E-state index contributed by atoms with van der Waals surface area (Å²) < 4.78 is 22.3. The lowest BCUT2D eigenvalue weighted by Gasteiger charge is -2.31. The molecular formula is C24H26BrFN6O4. The van der Waals surface area contributed by atoms with Gasteiger partial charge in [-0.2, -0.15) is 5.10 Å². The number of aliphatic hydroxyl groups is 1. The van der Waals surface area contributed by atoms with E-state index in [4.69, 9.17) is 4.74 Å². The Morgan fingerprint density at radius 3 is 2.78 bits per heavy atom. The van der Waals surface area contributed by atoms with Crippen LogP contribution in [0.1, 0.15) is 40.1 Å². The maximum absolute atomic E-state index is 14.5. The van der Waals surface area contributed by atoms with Crippen molar-refractivity contribution >= 4 is 44.8 Å². The van der Waals surface area contributed by atoms with Crippen molar-refractivity contribution < 1.29 is 23.8 Å². The molecule has 0 spiro atoms. The van der Waals surface area contributed by atoms with E-state index in [2.05, 4.69) is 36.2 Å². The number of rotatable bonds is 6. The van der Waals surface area contributed by atoms with Gasteiger partial charge in [-0.1, -0.05) is 0 Å². The Labute approximate surface area is 215 Å². The summed E-state index contributed by atoms with van der Waals surface area (Å²) in [5.41, 5.74) is 1.51. The molecule has 1 fully saturated rings. The fourth-order valence-corrected chi connectivity index (χ4v) is 4.64. The number of aromatic nitrogens is 3. The van der Waals surface area contributed by atoms with Crippen LogP contribution in [0, 0.1) is 0 Å². The van der Waals surface area contributed by atoms with Crippen LogP contribution < -0.4 is 10.2 Å². The maximum atomic E-state index is 14.5. The highest BCUT2D eigenvalue weighted by Crippen LogP contribution is 2.36. The molecule has 12 heteroatoms. The average molecular weight is 561 g/mol. The van der Waals surface area contributed by atoms with Crippen molar-refractivity contribution in [2.24, 2.45) is 0 Å². The van der Waals surface area contributed by atoms with Crippen LogP contribution >= 0.6 is 15.9 Å². The summed E-state index contributed by atoms with van der Waals surface area (Å²) in [6.45, 7) is 4.94. The number of nitrogens with one attached hydrogen (secondary N) is 1. The Bertz CT molecular complexity index is 1330. The minimum atomic E-state index is -1.60. The molecule has 1 aromatic carbocycles. The first-order valence-electron chi connectivity index (χ1n) is 11.6. The second-order valence-electron chi connectivity index (χ2n) is 9.49. The van der Waals surface area contributed by atoms with Gasteiger partial charge in [-0.05, 0) is 47.5 Å². The highest BCUT2D eigenvalue weighted by atomic mass is 79.9. The van der Waals surface area contributed by atoms with Crippen LogP contribution in [0.3, 0.4) is 0 Å². The number of anilines is 2. The fourth-order valence-electron chi connectivity index (χ4n) is 4.34. The highest BCUT2D eigenvalue weighted by Gasteiger charge is 2.35. The van der Waals surface area contributed by atoms with E-state index in [1.807, 2.05) is 0 Å². The van der Waals surface area contributed by atoms with Crippen molar-refractivity contribution in [2.75, 3.05) is 43.1 Å². The van der Waals surface area contributed by atoms with E-state index in [-0.39, 0.29) is 24.9 Å². The van der Waals surface area contributed by atoms with Gasteiger partial charge < -0.3 is 25.0 Å². The predicted molar refractivity (Wildman–Crippen MR) is 134 cm³/mol. The lowest BCUT2D eigenvalue weighted by atomic mass is 10.0. The molecule has 2 aliphatic heterocycles. The minimum absolute atomic E-state index is 0.184. The van der Waals surface area contributed by atoms with Crippen molar-refractivity contribution in [3.8, 4) is 0 Å². The van der Waals surface area contributed by atoms with Gasteiger partial charge in [0.2, 0.25) is 0 Å². The molecule has 0 bridgehead atoms. The van der Waals surface area contributed by atoms with E-state index in [9.17, 15) is 19.1 Å². The number of halogens is 2. The van der Waals surface area contributed by atoms with Crippen LogP contribution in [0.25, 0.3) is 5.65 Å². The molecule has 1 saturated heterocycles. The quantitative estimate of drug-likeness (QED) is 0.476. The number of fused-ring (bicyclic) bond motifs is 2. The number of amides is 2. The van der Waals surface area contributed by atoms with E-state index in [1.165, 1.54) is 29.5 Å². The minimum Gasteiger partial charge on any atom is -0.387 e. The molecule has 0 radical (unpaired) electrons. The van der Waals surface area contributed by atoms with Gasteiger partial charge in [0.25, 0.3) is 11.8 Å². The zero-order chi connectivity index (χ0) is 25.6. The molecule has 2 N–H and O–H groups in total. The zero-order valence-electron chi connectivity index (χ0n) is 19.9. The fraction of sp³-hybridized carbons (Fsp3) is 0.417. The standard InChI is InChI=1S/C24H26BrFN6O4/c1-24(2,35)20(26)13-31-11-14-7-18(19(8-16(14)23(31)34)30-3-5-36-6-4-30)29-22(33)17-10-28-32-12-15(25)9-27-21(17)32/h7-10,12,20,35H,3-6,11,13H2,1-2H3,(H,29,33)/t20-/m1/s1. The number of nitrogens with zero attached hydrogens (tertiary/aromatic N) is 5. The van der Waals surface area contributed by atoms with Gasteiger partial charge in [0, 0.05) is 37.6 Å². The van der Waals surface area contributed by atoms with Gasteiger partial charge in [0.1, 0.15) is 11.7 Å². The molecule has 5 rings (SSSR count). The van der Waals surface area contributed by atoms with Gasteiger partial charge in [0.15, 0.2) is 5.65 Å². The molecule has 0 unspecified atom stereocenters. The first-order chi connectivity index (χ1) is 17.1. The number of benzene rings is 1. The predicted octanol–water partition coefficient (Wildman–Crippen LogP) is 2.65. The summed E-state index contributed by atoms with van der Waals surface area (Å²) in [5.74, 6) is -0.692. The molecule has 1 atom stereocenters. The lowest BCUT2D eigenvalue weighted by Crippen LogP contribution is -2.42. The number of carbonyl (C=O) groups is 2. The molecule has 36 heavy (non-hydrogen) atoms. The Kier molecular flexibility index (Phi) is 6.43. The van der Waals surface area contributed by atoms with Crippen LogP contribution in [-0.2, 0) is 11.3 Å². The molecular weight excluding hydrogens is 535 g/mol.